The quantitative estimate of drug-likeness (QED) is 0.789. The summed E-state index contributed by atoms with van der Waals surface area (Å²) in [5, 5.41) is 4.38. The second-order valence-corrected chi connectivity index (χ2v) is 4.69. The van der Waals surface area contributed by atoms with Crippen molar-refractivity contribution in [2.45, 2.75) is 13.0 Å². The highest BCUT2D eigenvalue weighted by Gasteiger charge is 2.02. The number of rotatable bonds is 6. The molecule has 0 atom stereocenters. The molecule has 0 bridgehead atoms. The smallest absolute Gasteiger partial charge is 0.0705 e. The van der Waals surface area contributed by atoms with Gasteiger partial charge in [-0.05, 0) is 45.7 Å². The van der Waals surface area contributed by atoms with Crippen molar-refractivity contribution in [3.8, 4) is 0 Å². The van der Waals surface area contributed by atoms with Gasteiger partial charge in [-0.2, -0.15) is 0 Å². The van der Waals surface area contributed by atoms with Gasteiger partial charge >= 0.3 is 0 Å². The SMILES string of the molecule is CNCCCN(C)Cc1ccc2ccccc2n1. The van der Waals surface area contributed by atoms with Crippen LogP contribution in [0.1, 0.15) is 12.1 Å². The van der Waals surface area contributed by atoms with Crippen LogP contribution < -0.4 is 5.32 Å². The first-order valence-electron chi connectivity index (χ1n) is 6.47. The highest BCUT2D eigenvalue weighted by molar-refractivity contribution is 5.78. The lowest BCUT2D eigenvalue weighted by atomic mass is 10.2. The molecule has 0 radical (unpaired) electrons. The molecule has 0 fully saturated rings. The maximum absolute atomic E-state index is 4.69. The molecule has 18 heavy (non-hydrogen) atoms. The molecule has 0 saturated carbocycles. The van der Waals surface area contributed by atoms with Gasteiger partial charge in [0.2, 0.25) is 0 Å². The summed E-state index contributed by atoms with van der Waals surface area (Å²) in [5.74, 6) is 0. The number of hydrogen-bond acceptors (Lipinski definition) is 3. The third kappa shape index (κ3) is 3.52. The van der Waals surface area contributed by atoms with E-state index in [1.165, 1.54) is 11.8 Å². The van der Waals surface area contributed by atoms with Crippen molar-refractivity contribution in [2.24, 2.45) is 0 Å². The second kappa shape index (κ2) is 6.47. The Bertz CT molecular complexity index is 496. The maximum Gasteiger partial charge on any atom is 0.0705 e. The van der Waals surface area contributed by atoms with Gasteiger partial charge in [-0.25, -0.2) is 0 Å². The standard InChI is InChI=1S/C15H21N3/c1-16-10-5-11-18(2)12-14-9-8-13-6-3-4-7-15(13)17-14/h3-4,6-9,16H,5,10-12H2,1-2H3. The number of benzene rings is 1. The fraction of sp³-hybridized carbons (Fsp3) is 0.400. The highest BCUT2D eigenvalue weighted by atomic mass is 15.1. The zero-order chi connectivity index (χ0) is 12.8. The van der Waals surface area contributed by atoms with Crippen molar-refractivity contribution >= 4 is 10.9 Å². The molecule has 1 aromatic carbocycles. The summed E-state index contributed by atoms with van der Waals surface area (Å²) in [6.07, 6.45) is 1.17. The Morgan fingerprint density at radius 1 is 1.17 bits per heavy atom. The molecule has 0 aliphatic carbocycles. The van der Waals surface area contributed by atoms with E-state index in [1.807, 2.05) is 19.2 Å². The summed E-state index contributed by atoms with van der Waals surface area (Å²) >= 11 is 0. The van der Waals surface area contributed by atoms with E-state index in [0.717, 1.165) is 30.8 Å². The summed E-state index contributed by atoms with van der Waals surface area (Å²) in [5.41, 5.74) is 2.22. The zero-order valence-electron chi connectivity index (χ0n) is 11.2. The van der Waals surface area contributed by atoms with Crippen molar-refractivity contribution in [3.05, 3.63) is 42.1 Å². The van der Waals surface area contributed by atoms with E-state index in [9.17, 15) is 0 Å². The predicted octanol–water partition coefficient (Wildman–Crippen LogP) is 2.28. The zero-order valence-corrected chi connectivity index (χ0v) is 11.2. The Balaban J connectivity index is 1.98. The van der Waals surface area contributed by atoms with Crippen molar-refractivity contribution in [3.63, 3.8) is 0 Å². The molecule has 1 aromatic heterocycles. The van der Waals surface area contributed by atoms with Crippen molar-refractivity contribution in [1.29, 1.82) is 0 Å². The minimum atomic E-state index is 0.911. The van der Waals surface area contributed by atoms with Gasteiger partial charge in [-0.15, -0.1) is 0 Å². The van der Waals surface area contributed by atoms with Gasteiger partial charge in [0.05, 0.1) is 11.2 Å². The van der Waals surface area contributed by atoms with Gasteiger partial charge in [0, 0.05) is 11.9 Å². The van der Waals surface area contributed by atoms with Crippen LogP contribution in [0, 0.1) is 0 Å². The van der Waals surface area contributed by atoms with Crippen LogP contribution in [0.4, 0.5) is 0 Å². The summed E-state index contributed by atoms with van der Waals surface area (Å²) in [4.78, 5) is 7.00. The number of fused-ring (bicyclic) bond motifs is 1. The number of aromatic nitrogens is 1. The van der Waals surface area contributed by atoms with Crippen LogP contribution in [-0.2, 0) is 6.54 Å². The Hall–Kier alpha value is -1.45. The fourth-order valence-corrected chi connectivity index (χ4v) is 2.08. The molecule has 0 aliphatic heterocycles. The minimum Gasteiger partial charge on any atom is -0.320 e. The van der Waals surface area contributed by atoms with Gasteiger partial charge in [0.1, 0.15) is 0 Å². The Morgan fingerprint density at radius 2 is 2.00 bits per heavy atom. The first-order valence-corrected chi connectivity index (χ1v) is 6.47. The third-order valence-electron chi connectivity index (χ3n) is 3.05. The first-order chi connectivity index (χ1) is 8.79. The van der Waals surface area contributed by atoms with E-state index in [4.69, 9.17) is 0 Å². The number of para-hydroxylation sites is 1. The molecular formula is C15H21N3. The summed E-state index contributed by atoms with van der Waals surface area (Å²) in [6.45, 7) is 3.07. The van der Waals surface area contributed by atoms with Crippen LogP contribution >= 0.6 is 0 Å². The topological polar surface area (TPSA) is 28.2 Å². The molecule has 1 heterocycles. The lowest BCUT2D eigenvalue weighted by Gasteiger charge is -2.16. The van der Waals surface area contributed by atoms with Gasteiger partial charge in [-0.3, -0.25) is 4.98 Å². The average molecular weight is 243 g/mol. The van der Waals surface area contributed by atoms with E-state index < -0.39 is 0 Å². The van der Waals surface area contributed by atoms with Crippen molar-refractivity contribution < 1.29 is 0 Å². The van der Waals surface area contributed by atoms with Crippen LogP contribution in [0.3, 0.4) is 0 Å². The van der Waals surface area contributed by atoms with E-state index in [2.05, 4.69) is 46.5 Å². The fourth-order valence-electron chi connectivity index (χ4n) is 2.08. The number of pyridine rings is 1. The highest BCUT2D eigenvalue weighted by Crippen LogP contribution is 2.12. The molecule has 3 heteroatoms. The van der Waals surface area contributed by atoms with Crippen LogP contribution in [0.25, 0.3) is 10.9 Å². The average Bonchev–Trinajstić information content (AvgIpc) is 2.39. The van der Waals surface area contributed by atoms with Crippen LogP contribution in [0.5, 0.6) is 0 Å². The van der Waals surface area contributed by atoms with E-state index in [1.54, 1.807) is 0 Å². The molecule has 0 aliphatic rings. The summed E-state index contributed by atoms with van der Waals surface area (Å²) in [7, 11) is 4.14. The van der Waals surface area contributed by atoms with E-state index in [-0.39, 0.29) is 0 Å². The van der Waals surface area contributed by atoms with Gasteiger partial charge in [0.15, 0.2) is 0 Å². The van der Waals surface area contributed by atoms with Gasteiger partial charge in [0.25, 0.3) is 0 Å². The first kappa shape index (κ1) is 13.0. The van der Waals surface area contributed by atoms with Crippen LogP contribution in [0.15, 0.2) is 36.4 Å². The van der Waals surface area contributed by atoms with E-state index in [0.29, 0.717) is 0 Å². The van der Waals surface area contributed by atoms with Crippen LogP contribution in [0.2, 0.25) is 0 Å². The number of nitrogens with zero attached hydrogens (tertiary/aromatic N) is 2. The molecule has 96 valence electrons. The molecular weight excluding hydrogens is 222 g/mol. The monoisotopic (exact) mass is 243 g/mol. The number of hydrogen-bond donors (Lipinski definition) is 1. The Labute approximate surface area is 109 Å². The number of nitrogens with one attached hydrogen (secondary N) is 1. The molecule has 0 unspecified atom stereocenters. The molecule has 0 saturated heterocycles. The normalized spacial score (nSPS) is 11.3. The largest absolute Gasteiger partial charge is 0.320 e. The second-order valence-electron chi connectivity index (χ2n) is 4.69. The predicted molar refractivity (Wildman–Crippen MR) is 76.6 cm³/mol. The lowest BCUT2D eigenvalue weighted by molar-refractivity contribution is 0.318. The van der Waals surface area contributed by atoms with Crippen molar-refractivity contribution in [1.82, 2.24) is 15.2 Å². The van der Waals surface area contributed by atoms with E-state index >= 15 is 0 Å². The molecule has 3 nitrogen and oxygen atoms in total. The molecule has 2 aromatic rings. The van der Waals surface area contributed by atoms with Gasteiger partial charge < -0.3 is 10.2 Å². The third-order valence-corrected chi connectivity index (χ3v) is 3.05. The molecule has 0 amide bonds. The van der Waals surface area contributed by atoms with Crippen LogP contribution in [-0.4, -0.2) is 37.1 Å². The lowest BCUT2D eigenvalue weighted by Crippen LogP contribution is -2.22. The Morgan fingerprint density at radius 3 is 2.83 bits per heavy atom. The molecule has 0 spiro atoms. The van der Waals surface area contributed by atoms with Crippen molar-refractivity contribution in [2.75, 3.05) is 27.2 Å². The molecule has 1 N–H and O–H groups in total. The minimum absolute atomic E-state index is 0.911. The summed E-state index contributed by atoms with van der Waals surface area (Å²) < 4.78 is 0. The van der Waals surface area contributed by atoms with Gasteiger partial charge in [-0.1, -0.05) is 24.3 Å². The Kier molecular flexibility index (Phi) is 4.67. The maximum atomic E-state index is 4.69. The summed E-state index contributed by atoms with van der Waals surface area (Å²) in [6, 6.07) is 12.5. The molecule has 2 rings (SSSR count).